The second kappa shape index (κ2) is 6.14. The number of amides is 1. The summed E-state index contributed by atoms with van der Waals surface area (Å²) < 4.78 is 0. The second-order valence-electron chi connectivity index (χ2n) is 3.45. The van der Waals surface area contributed by atoms with Gasteiger partial charge in [0.25, 0.3) is 0 Å². The Balaban J connectivity index is 2.41. The zero-order chi connectivity index (χ0) is 11.1. The second-order valence-corrected chi connectivity index (χ2v) is 3.45. The fraction of sp³-hybridized carbons (Fsp3) is 0.455. The van der Waals surface area contributed by atoms with Crippen LogP contribution in [0.5, 0.6) is 0 Å². The molecule has 0 aromatic carbocycles. The van der Waals surface area contributed by atoms with Gasteiger partial charge in [0.15, 0.2) is 0 Å². The maximum Gasteiger partial charge on any atom is 0.224 e. The summed E-state index contributed by atoms with van der Waals surface area (Å²) in [5.74, 6) is 0.0551. The summed E-state index contributed by atoms with van der Waals surface area (Å²) >= 11 is 0. The Morgan fingerprint density at radius 1 is 1.53 bits per heavy atom. The van der Waals surface area contributed by atoms with Crippen molar-refractivity contribution < 1.29 is 4.79 Å². The maximum absolute atomic E-state index is 11.5. The molecule has 0 spiro atoms. The van der Waals surface area contributed by atoms with Crippen LogP contribution in [-0.4, -0.2) is 24.5 Å². The molecule has 1 aromatic heterocycles. The molecule has 1 heterocycles. The summed E-state index contributed by atoms with van der Waals surface area (Å²) in [5, 5.41) is 5.87. The molecule has 4 nitrogen and oxygen atoms in total. The molecule has 0 aliphatic rings. The first-order chi connectivity index (χ1) is 7.24. The molecule has 0 fully saturated rings. The summed E-state index contributed by atoms with van der Waals surface area (Å²) in [6.07, 6.45) is 4.81. The number of aryl methyl sites for hydroxylation is 1. The van der Waals surface area contributed by atoms with Crippen LogP contribution >= 0.6 is 0 Å². The number of hydrogen-bond acceptors (Lipinski definition) is 3. The van der Waals surface area contributed by atoms with Crippen LogP contribution < -0.4 is 10.6 Å². The van der Waals surface area contributed by atoms with E-state index < -0.39 is 0 Å². The molecule has 1 amide bonds. The number of hydrogen-bond donors (Lipinski definition) is 2. The van der Waals surface area contributed by atoms with Gasteiger partial charge < -0.3 is 10.6 Å². The molecule has 2 N–H and O–H groups in total. The molecule has 0 unspecified atom stereocenters. The van der Waals surface area contributed by atoms with E-state index in [0.717, 1.165) is 24.2 Å². The Kier molecular flexibility index (Phi) is 4.77. The molecule has 0 aliphatic heterocycles. The predicted molar refractivity (Wildman–Crippen MR) is 60.8 cm³/mol. The van der Waals surface area contributed by atoms with Crippen molar-refractivity contribution in [1.82, 2.24) is 10.3 Å². The number of rotatable bonds is 5. The van der Waals surface area contributed by atoms with E-state index in [1.807, 2.05) is 20.0 Å². The van der Waals surface area contributed by atoms with Gasteiger partial charge in [-0.25, -0.2) is 0 Å². The Bertz CT molecular complexity index is 325. The summed E-state index contributed by atoms with van der Waals surface area (Å²) in [4.78, 5) is 15.4. The highest BCUT2D eigenvalue weighted by molar-refractivity contribution is 5.91. The summed E-state index contributed by atoms with van der Waals surface area (Å²) in [6, 6.07) is 1.81. The third-order valence-corrected chi connectivity index (χ3v) is 2.12. The molecule has 15 heavy (non-hydrogen) atoms. The first-order valence-corrected chi connectivity index (χ1v) is 5.09. The Morgan fingerprint density at radius 2 is 2.33 bits per heavy atom. The minimum absolute atomic E-state index is 0.0551. The average Bonchev–Trinajstić information content (AvgIpc) is 2.22. The number of anilines is 1. The highest BCUT2D eigenvalue weighted by atomic mass is 16.1. The van der Waals surface area contributed by atoms with E-state index in [1.165, 1.54) is 0 Å². The van der Waals surface area contributed by atoms with Crippen LogP contribution in [0.25, 0.3) is 0 Å². The molecule has 82 valence electrons. The van der Waals surface area contributed by atoms with Crippen molar-refractivity contribution in [3.05, 3.63) is 24.0 Å². The van der Waals surface area contributed by atoms with Gasteiger partial charge in [-0.2, -0.15) is 0 Å². The van der Waals surface area contributed by atoms with Crippen LogP contribution in [0.15, 0.2) is 18.5 Å². The van der Waals surface area contributed by atoms with Crippen LogP contribution in [-0.2, 0) is 4.79 Å². The maximum atomic E-state index is 11.5. The van der Waals surface area contributed by atoms with Gasteiger partial charge in [0, 0.05) is 24.5 Å². The van der Waals surface area contributed by atoms with Crippen molar-refractivity contribution in [3.63, 3.8) is 0 Å². The molecular weight excluding hydrogens is 190 g/mol. The smallest absolute Gasteiger partial charge is 0.224 e. The number of nitrogens with one attached hydrogen (secondary N) is 2. The van der Waals surface area contributed by atoms with Gasteiger partial charge in [-0.15, -0.1) is 0 Å². The highest BCUT2D eigenvalue weighted by Crippen LogP contribution is 2.11. The SMILES string of the molecule is CNCCCC(=O)Nc1ccncc1C. The van der Waals surface area contributed by atoms with E-state index in [-0.39, 0.29) is 5.91 Å². The molecule has 0 bridgehead atoms. The topological polar surface area (TPSA) is 54.0 Å². The van der Waals surface area contributed by atoms with Crippen molar-refractivity contribution in [2.75, 3.05) is 18.9 Å². The lowest BCUT2D eigenvalue weighted by molar-refractivity contribution is -0.116. The lowest BCUT2D eigenvalue weighted by atomic mass is 10.2. The van der Waals surface area contributed by atoms with E-state index >= 15 is 0 Å². The molecule has 0 aliphatic carbocycles. The zero-order valence-electron chi connectivity index (χ0n) is 9.21. The number of pyridine rings is 1. The van der Waals surface area contributed by atoms with Gasteiger partial charge in [-0.3, -0.25) is 9.78 Å². The Hall–Kier alpha value is -1.42. The summed E-state index contributed by atoms with van der Waals surface area (Å²) in [7, 11) is 1.88. The Morgan fingerprint density at radius 3 is 3.00 bits per heavy atom. The largest absolute Gasteiger partial charge is 0.326 e. The van der Waals surface area contributed by atoms with Crippen molar-refractivity contribution >= 4 is 11.6 Å². The molecule has 1 rings (SSSR count). The quantitative estimate of drug-likeness (QED) is 0.716. The lowest BCUT2D eigenvalue weighted by Gasteiger charge is -2.07. The number of nitrogens with zero attached hydrogens (tertiary/aromatic N) is 1. The van der Waals surface area contributed by atoms with Gasteiger partial charge >= 0.3 is 0 Å². The van der Waals surface area contributed by atoms with Gasteiger partial charge in [-0.1, -0.05) is 0 Å². The first-order valence-electron chi connectivity index (χ1n) is 5.09. The van der Waals surface area contributed by atoms with Gasteiger partial charge in [0.2, 0.25) is 5.91 Å². The number of carbonyl (C=O) groups excluding carboxylic acids is 1. The minimum atomic E-state index is 0.0551. The van der Waals surface area contributed by atoms with Gasteiger partial charge in [0.1, 0.15) is 0 Å². The fourth-order valence-corrected chi connectivity index (χ4v) is 1.25. The van der Waals surface area contributed by atoms with Crippen LogP contribution in [0, 0.1) is 6.92 Å². The standard InChI is InChI=1S/C11H17N3O/c1-9-8-13-7-5-10(9)14-11(15)4-3-6-12-2/h5,7-8,12H,3-4,6H2,1-2H3,(H,13,14,15). The molecule has 0 radical (unpaired) electrons. The number of carbonyl (C=O) groups is 1. The van der Waals surface area contributed by atoms with Crippen molar-refractivity contribution in [2.24, 2.45) is 0 Å². The van der Waals surface area contributed by atoms with Crippen molar-refractivity contribution in [3.8, 4) is 0 Å². The van der Waals surface area contributed by atoms with E-state index in [4.69, 9.17) is 0 Å². The van der Waals surface area contributed by atoms with E-state index in [0.29, 0.717) is 6.42 Å². The lowest BCUT2D eigenvalue weighted by Crippen LogP contribution is -2.15. The summed E-state index contributed by atoms with van der Waals surface area (Å²) in [6.45, 7) is 2.79. The monoisotopic (exact) mass is 207 g/mol. The molecular formula is C11H17N3O. The average molecular weight is 207 g/mol. The number of aromatic nitrogens is 1. The fourth-order valence-electron chi connectivity index (χ4n) is 1.25. The Labute approximate surface area is 90.1 Å². The molecule has 1 aromatic rings. The highest BCUT2D eigenvalue weighted by Gasteiger charge is 2.03. The third-order valence-electron chi connectivity index (χ3n) is 2.12. The molecule has 4 heteroatoms. The van der Waals surface area contributed by atoms with E-state index in [1.54, 1.807) is 12.4 Å². The van der Waals surface area contributed by atoms with Gasteiger partial charge in [0.05, 0.1) is 0 Å². The normalized spacial score (nSPS) is 10.0. The molecule has 0 atom stereocenters. The van der Waals surface area contributed by atoms with Crippen LogP contribution in [0.3, 0.4) is 0 Å². The van der Waals surface area contributed by atoms with Crippen LogP contribution in [0.4, 0.5) is 5.69 Å². The zero-order valence-corrected chi connectivity index (χ0v) is 9.21. The minimum Gasteiger partial charge on any atom is -0.326 e. The summed E-state index contributed by atoms with van der Waals surface area (Å²) in [5.41, 5.74) is 1.83. The van der Waals surface area contributed by atoms with E-state index in [2.05, 4.69) is 15.6 Å². The van der Waals surface area contributed by atoms with Crippen molar-refractivity contribution in [1.29, 1.82) is 0 Å². The molecule has 0 saturated carbocycles. The predicted octanol–water partition coefficient (Wildman–Crippen LogP) is 1.33. The van der Waals surface area contributed by atoms with Crippen molar-refractivity contribution in [2.45, 2.75) is 19.8 Å². The third kappa shape index (κ3) is 4.08. The van der Waals surface area contributed by atoms with Crippen LogP contribution in [0.1, 0.15) is 18.4 Å². The van der Waals surface area contributed by atoms with E-state index in [9.17, 15) is 4.79 Å². The van der Waals surface area contributed by atoms with Crippen LogP contribution in [0.2, 0.25) is 0 Å². The first kappa shape index (κ1) is 11.7. The molecule has 0 saturated heterocycles. The van der Waals surface area contributed by atoms with Gasteiger partial charge in [-0.05, 0) is 38.6 Å².